The summed E-state index contributed by atoms with van der Waals surface area (Å²) in [5.74, 6) is -2.21. The molecule has 31 heavy (non-hydrogen) atoms. The van der Waals surface area contributed by atoms with E-state index in [2.05, 4.69) is 12.6 Å². The van der Waals surface area contributed by atoms with Crippen molar-refractivity contribution < 1.29 is 36.9 Å². The summed E-state index contributed by atoms with van der Waals surface area (Å²) >= 11 is 4.44. The van der Waals surface area contributed by atoms with Crippen LogP contribution in [0.25, 0.3) is 0 Å². The predicted octanol–water partition coefficient (Wildman–Crippen LogP) is 3.96. The van der Waals surface area contributed by atoms with Crippen LogP contribution < -0.4 is 14.2 Å². The zero-order chi connectivity index (χ0) is 22.0. The third kappa shape index (κ3) is 4.85. The van der Waals surface area contributed by atoms with Crippen LogP contribution in [0.4, 0.5) is 18.0 Å². The molecule has 2 aromatic carbocycles. The molecule has 0 spiro atoms. The van der Waals surface area contributed by atoms with E-state index in [0.717, 1.165) is 6.07 Å². The minimum Gasteiger partial charge on any atom is -0.486 e. The lowest BCUT2D eigenvalue weighted by molar-refractivity contribution is 0.0643. The maximum absolute atomic E-state index is 13.8. The van der Waals surface area contributed by atoms with Gasteiger partial charge in [-0.15, -0.1) is 0 Å². The molecule has 2 heterocycles. The van der Waals surface area contributed by atoms with Gasteiger partial charge in [-0.3, -0.25) is 0 Å². The molecule has 1 amide bonds. The average molecular weight is 455 g/mol. The molecule has 4 rings (SSSR count). The van der Waals surface area contributed by atoms with Gasteiger partial charge < -0.3 is 23.8 Å². The van der Waals surface area contributed by atoms with Crippen molar-refractivity contribution in [2.45, 2.75) is 24.3 Å². The molecule has 1 saturated heterocycles. The van der Waals surface area contributed by atoms with Gasteiger partial charge in [0.15, 0.2) is 23.1 Å². The molecule has 2 atom stereocenters. The Hall–Kier alpha value is -2.59. The minimum atomic E-state index is -1.26. The number of hydrogen-bond donors (Lipinski definition) is 1. The van der Waals surface area contributed by atoms with Crippen LogP contribution in [0.2, 0.25) is 0 Å². The zero-order valence-electron chi connectivity index (χ0n) is 16.4. The van der Waals surface area contributed by atoms with Gasteiger partial charge in [-0.2, -0.15) is 12.6 Å². The standard InChI is InChI=1S/C21H20F3NO5S/c22-15-8-17(24)16(23)6-12(15)10-27-11-13-7-14(31)9-25(13)21(26)30-19-3-1-2-18-20(19)29-5-4-28-18/h1-3,6,8,13-14,31H,4-5,7,9-11H2/t13-,14+/m0/s1. The molecule has 2 aromatic rings. The Morgan fingerprint density at radius 2 is 1.90 bits per heavy atom. The normalized spacial score (nSPS) is 20.1. The highest BCUT2D eigenvalue weighted by Gasteiger charge is 2.35. The van der Waals surface area contributed by atoms with Crippen LogP contribution in [0.15, 0.2) is 30.3 Å². The highest BCUT2D eigenvalue weighted by molar-refractivity contribution is 7.81. The number of amides is 1. The molecule has 0 N–H and O–H groups in total. The summed E-state index contributed by atoms with van der Waals surface area (Å²) in [6.45, 7) is 0.882. The first-order chi connectivity index (χ1) is 14.9. The second-order valence-electron chi connectivity index (χ2n) is 7.22. The highest BCUT2D eigenvalue weighted by Crippen LogP contribution is 2.39. The number of halogens is 3. The van der Waals surface area contributed by atoms with Crippen LogP contribution in [0, 0.1) is 17.5 Å². The summed E-state index contributed by atoms with van der Waals surface area (Å²) in [7, 11) is 0. The molecule has 2 aliphatic rings. The molecule has 0 aliphatic carbocycles. The number of ether oxygens (including phenoxy) is 4. The van der Waals surface area contributed by atoms with Crippen molar-refractivity contribution in [1.82, 2.24) is 4.90 Å². The summed E-state index contributed by atoms with van der Waals surface area (Å²) in [5, 5.41) is -0.0922. The van der Waals surface area contributed by atoms with Gasteiger partial charge in [-0.1, -0.05) is 6.07 Å². The average Bonchev–Trinajstić information content (AvgIpc) is 3.12. The van der Waals surface area contributed by atoms with E-state index in [-0.39, 0.29) is 35.8 Å². The van der Waals surface area contributed by atoms with Crippen molar-refractivity contribution in [2.24, 2.45) is 0 Å². The van der Waals surface area contributed by atoms with E-state index in [1.165, 1.54) is 4.90 Å². The number of nitrogens with zero attached hydrogens (tertiary/aromatic N) is 1. The summed E-state index contributed by atoms with van der Waals surface area (Å²) in [5.41, 5.74) is -0.110. The molecule has 166 valence electrons. The zero-order valence-corrected chi connectivity index (χ0v) is 17.2. The first-order valence-electron chi connectivity index (χ1n) is 9.68. The van der Waals surface area contributed by atoms with Crippen LogP contribution >= 0.6 is 12.6 Å². The number of benzene rings is 2. The monoisotopic (exact) mass is 455 g/mol. The molecule has 6 nitrogen and oxygen atoms in total. The Balaban J connectivity index is 1.39. The Kier molecular flexibility index (Phi) is 6.47. The third-order valence-electron chi connectivity index (χ3n) is 5.01. The Morgan fingerprint density at radius 1 is 1.13 bits per heavy atom. The van der Waals surface area contributed by atoms with Gasteiger partial charge in [0.1, 0.15) is 19.0 Å². The summed E-state index contributed by atoms with van der Waals surface area (Å²) in [4.78, 5) is 14.3. The fraction of sp³-hybridized carbons (Fsp3) is 0.381. The second kappa shape index (κ2) is 9.27. The molecule has 0 unspecified atom stereocenters. The third-order valence-corrected chi connectivity index (χ3v) is 5.39. The number of thiol groups is 1. The van der Waals surface area contributed by atoms with E-state index < -0.39 is 23.5 Å². The van der Waals surface area contributed by atoms with E-state index in [1.807, 2.05) is 0 Å². The largest absolute Gasteiger partial charge is 0.486 e. The maximum Gasteiger partial charge on any atom is 0.415 e. The lowest BCUT2D eigenvalue weighted by Gasteiger charge is -2.25. The molecule has 0 bridgehead atoms. The molecule has 0 radical (unpaired) electrons. The van der Waals surface area contributed by atoms with Gasteiger partial charge in [0.05, 0.1) is 19.3 Å². The number of likely N-dealkylation sites (tertiary alicyclic amines) is 1. The summed E-state index contributed by atoms with van der Waals surface area (Å²) in [6, 6.07) is 5.88. The van der Waals surface area contributed by atoms with Crippen LogP contribution in [-0.4, -0.2) is 48.7 Å². The number of rotatable bonds is 5. The fourth-order valence-corrected chi connectivity index (χ4v) is 3.95. The molecule has 0 saturated carbocycles. The Labute approximate surface area is 182 Å². The number of carbonyl (C=O) groups excluding carboxylic acids is 1. The Bertz CT molecular complexity index is 976. The van der Waals surface area contributed by atoms with Crippen molar-refractivity contribution in [3.63, 3.8) is 0 Å². The van der Waals surface area contributed by atoms with Crippen LogP contribution in [0.1, 0.15) is 12.0 Å². The lowest BCUT2D eigenvalue weighted by atomic mass is 10.2. The number of para-hydroxylation sites is 1. The molecular weight excluding hydrogens is 435 g/mol. The quantitative estimate of drug-likeness (QED) is 0.546. The Morgan fingerprint density at radius 3 is 2.74 bits per heavy atom. The number of hydrogen-bond acceptors (Lipinski definition) is 6. The highest BCUT2D eigenvalue weighted by atomic mass is 32.1. The van der Waals surface area contributed by atoms with Crippen molar-refractivity contribution in [3.8, 4) is 17.2 Å². The topological polar surface area (TPSA) is 57.2 Å². The first kappa shape index (κ1) is 21.6. The van der Waals surface area contributed by atoms with Crippen molar-refractivity contribution in [1.29, 1.82) is 0 Å². The summed E-state index contributed by atoms with van der Waals surface area (Å²) in [6.07, 6.45) is -0.0722. The molecular formula is C21H20F3NO5S. The van der Waals surface area contributed by atoms with Crippen molar-refractivity contribution in [2.75, 3.05) is 26.4 Å². The SMILES string of the molecule is O=C(Oc1cccc2c1OCCO2)N1C[C@H](S)C[C@H]1COCc1cc(F)c(F)cc1F. The minimum absolute atomic E-state index is 0.0527. The van der Waals surface area contributed by atoms with Crippen LogP contribution in [-0.2, 0) is 11.3 Å². The second-order valence-corrected chi connectivity index (χ2v) is 7.95. The van der Waals surface area contributed by atoms with E-state index in [1.54, 1.807) is 18.2 Å². The van der Waals surface area contributed by atoms with Gasteiger partial charge >= 0.3 is 6.09 Å². The van der Waals surface area contributed by atoms with Crippen LogP contribution in [0.5, 0.6) is 17.2 Å². The molecule has 10 heteroatoms. The molecule has 1 fully saturated rings. The van der Waals surface area contributed by atoms with Gasteiger partial charge in [-0.25, -0.2) is 18.0 Å². The first-order valence-corrected chi connectivity index (χ1v) is 10.2. The molecule has 0 aromatic heterocycles. The van der Waals surface area contributed by atoms with Gasteiger partial charge in [0, 0.05) is 23.4 Å². The van der Waals surface area contributed by atoms with Crippen molar-refractivity contribution >= 4 is 18.7 Å². The van der Waals surface area contributed by atoms with E-state index in [9.17, 15) is 18.0 Å². The maximum atomic E-state index is 13.8. The van der Waals surface area contributed by atoms with Gasteiger partial charge in [-0.05, 0) is 24.6 Å². The van der Waals surface area contributed by atoms with E-state index in [4.69, 9.17) is 18.9 Å². The van der Waals surface area contributed by atoms with E-state index in [0.29, 0.717) is 43.7 Å². The van der Waals surface area contributed by atoms with E-state index >= 15 is 0 Å². The number of carbonyl (C=O) groups is 1. The van der Waals surface area contributed by atoms with Gasteiger partial charge in [0.2, 0.25) is 5.75 Å². The molecule has 2 aliphatic heterocycles. The summed E-state index contributed by atoms with van der Waals surface area (Å²) < 4.78 is 62.2. The predicted molar refractivity (Wildman–Crippen MR) is 107 cm³/mol. The van der Waals surface area contributed by atoms with Crippen LogP contribution in [0.3, 0.4) is 0 Å². The van der Waals surface area contributed by atoms with Gasteiger partial charge in [0.25, 0.3) is 0 Å². The number of fused-ring (bicyclic) bond motifs is 1. The lowest BCUT2D eigenvalue weighted by Crippen LogP contribution is -2.40. The fourth-order valence-electron chi connectivity index (χ4n) is 3.53. The smallest absolute Gasteiger partial charge is 0.415 e. The van der Waals surface area contributed by atoms with Crippen molar-refractivity contribution in [3.05, 3.63) is 53.3 Å².